The summed E-state index contributed by atoms with van der Waals surface area (Å²) in [5.74, 6) is 0. The van der Waals surface area contributed by atoms with Crippen LogP contribution in [-0.2, 0) is 6.42 Å². The molecular formula is C15H17N. The zero-order valence-corrected chi connectivity index (χ0v) is 9.83. The molecule has 1 heteroatoms. The van der Waals surface area contributed by atoms with Crippen molar-refractivity contribution in [3.8, 4) is 11.1 Å². The summed E-state index contributed by atoms with van der Waals surface area (Å²) in [7, 11) is 0. The van der Waals surface area contributed by atoms with Crippen LogP contribution in [0.1, 0.15) is 18.1 Å². The lowest BCUT2D eigenvalue weighted by molar-refractivity contribution is 1.14. The molecule has 0 amide bonds. The van der Waals surface area contributed by atoms with Crippen molar-refractivity contribution >= 4 is 5.69 Å². The van der Waals surface area contributed by atoms with Gasteiger partial charge < -0.3 is 5.73 Å². The molecule has 2 aromatic carbocycles. The van der Waals surface area contributed by atoms with Gasteiger partial charge in [0.25, 0.3) is 0 Å². The largest absolute Gasteiger partial charge is 0.398 e. The standard InChI is InChI=1S/C15H17N/c1-3-12-5-4-6-13(9-12)14-8-7-11(2)15(16)10-14/h4-10H,3,16H2,1-2H3. The van der Waals surface area contributed by atoms with Crippen LogP contribution < -0.4 is 5.73 Å². The summed E-state index contributed by atoms with van der Waals surface area (Å²) >= 11 is 0. The minimum Gasteiger partial charge on any atom is -0.398 e. The first kappa shape index (κ1) is 10.7. The fourth-order valence-corrected chi connectivity index (χ4v) is 1.79. The van der Waals surface area contributed by atoms with Crippen molar-refractivity contribution in [1.82, 2.24) is 0 Å². The Morgan fingerprint density at radius 3 is 2.44 bits per heavy atom. The number of aryl methyl sites for hydroxylation is 2. The highest BCUT2D eigenvalue weighted by Crippen LogP contribution is 2.24. The van der Waals surface area contributed by atoms with Crippen LogP contribution in [0.5, 0.6) is 0 Å². The lowest BCUT2D eigenvalue weighted by Gasteiger charge is -2.06. The molecule has 0 aliphatic heterocycles. The van der Waals surface area contributed by atoms with Gasteiger partial charge in [-0.25, -0.2) is 0 Å². The molecule has 82 valence electrons. The minimum absolute atomic E-state index is 0.861. The van der Waals surface area contributed by atoms with Crippen molar-refractivity contribution in [2.45, 2.75) is 20.3 Å². The summed E-state index contributed by atoms with van der Waals surface area (Å²) in [6, 6.07) is 14.9. The van der Waals surface area contributed by atoms with Crippen molar-refractivity contribution in [3.63, 3.8) is 0 Å². The first-order chi connectivity index (χ1) is 7.70. The van der Waals surface area contributed by atoms with Gasteiger partial charge in [-0.1, -0.05) is 43.3 Å². The van der Waals surface area contributed by atoms with E-state index < -0.39 is 0 Å². The minimum atomic E-state index is 0.861. The van der Waals surface area contributed by atoms with E-state index in [0.29, 0.717) is 0 Å². The van der Waals surface area contributed by atoms with Crippen molar-refractivity contribution in [3.05, 3.63) is 53.6 Å². The number of rotatable bonds is 2. The first-order valence-electron chi connectivity index (χ1n) is 5.66. The van der Waals surface area contributed by atoms with Crippen molar-refractivity contribution in [2.75, 3.05) is 5.73 Å². The molecule has 0 spiro atoms. The van der Waals surface area contributed by atoms with Gasteiger partial charge >= 0.3 is 0 Å². The highest BCUT2D eigenvalue weighted by molar-refractivity contribution is 5.69. The predicted octanol–water partition coefficient (Wildman–Crippen LogP) is 3.81. The Morgan fingerprint density at radius 1 is 1.00 bits per heavy atom. The van der Waals surface area contributed by atoms with Crippen LogP contribution in [0.4, 0.5) is 5.69 Å². The SMILES string of the molecule is CCc1cccc(-c2ccc(C)c(N)c2)c1. The van der Waals surface area contributed by atoms with Crippen LogP contribution >= 0.6 is 0 Å². The average molecular weight is 211 g/mol. The molecule has 0 aliphatic carbocycles. The quantitative estimate of drug-likeness (QED) is 0.751. The number of hydrogen-bond acceptors (Lipinski definition) is 1. The molecular weight excluding hydrogens is 194 g/mol. The Morgan fingerprint density at radius 2 is 1.75 bits per heavy atom. The molecule has 0 saturated carbocycles. The monoisotopic (exact) mass is 211 g/mol. The molecule has 2 rings (SSSR count). The maximum absolute atomic E-state index is 5.93. The van der Waals surface area contributed by atoms with Crippen molar-refractivity contribution < 1.29 is 0 Å². The molecule has 2 aromatic rings. The zero-order chi connectivity index (χ0) is 11.5. The second-order valence-electron chi connectivity index (χ2n) is 4.13. The van der Waals surface area contributed by atoms with E-state index in [9.17, 15) is 0 Å². The fraction of sp³-hybridized carbons (Fsp3) is 0.200. The molecule has 0 bridgehead atoms. The van der Waals surface area contributed by atoms with Crippen molar-refractivity contribution in [1.29, 1.82) is 0 Å². The Hall–Kier alpha value is -1.76. The lowest BCUT2D eigenvalue weighted by atomic mass is 10.0. The van der Waals surface area contributed by atoms with E-state index in [1.165, 1.54) is 16.7 Å². The number of nitrogen functional groups attached to an aromatic ring is 1. The van der Waals surface area contributed by atoms with Crippen LogP contribution in [-0.4, -0.2) is 0 Å². The number of hydrogen-bond donors (Lipinski definition) is 1. The maximum Gasteiger partial charge on any atom is 0.0349 e. The second kappa shape index (κ2) is 4.40. The molecule has 0 saturated heterocycles. The van der Waals surface area contributed by atoms with Gasteiger partial charge in [-0.2, -0.15) is 0 Å². The molecule has 0 atom stereocenters. The van der Waals surface area contributed by atoms with E-state index in [0.717, 1.165) is 17.7 Å². The van der Waals surface area contributed by atoms with Gasteiger partial charge in [-0.3, -0.25) is 0 Å². The van der Waals surface area contributed by atoms with E-state index >= 15 is 0 Å². The average Bonchev–Trinajstić information content (AvgIpc) is 2.33. The van der Waals surface area contributed by atoms with Gasteiger partial charge in [-0.05, 0) is 41.7 Å². The Labute approximate surface area is 96.9 Å². The zero-order valence-electron chi connectivity index (χ0n) is 9.83. The van der Waals surface area contributed by atoms with Crippen LogP contribution in [0.25, 0.3) is 11.1 Å². The summed E-state index contributed by atoms with van der Waals surface area (Å²) < 4.78 is 0. The van der Waals surface area contributed by atoms with Crippen LogP contribution in [0.15, 0.2) is 42.5 Å². The second-order valence-corrected chi connectivity index (χ2v) is 4.13. The van der Waals surface area contributed by atoms with Gasteiger partial charge in [0, 0.05) is 5.69 Å². The third kappa shape index (κ3) is 2.08. The van der Waals surface area contributed by atoms with Gasteiger partial charge in [0.05, 0.1) is 0 Å². The van der Waals surface area contributed by atoms with Crippen LogP contribution in [0.3, 0.4) is 0 Å². The highest BCUT2D eigenvalue weighted by atomic mass is 14.5. The summed E-state index contributed by atoms with van der Waals surface area (Å²) in [6.45, 7) is 4.20. The molecule has 2 N–H and O–H groups in total. The topological polar surface area (TPSA) is 26.0 Å². The number of nitrogens with two attached hydrogens (primary N) is 1. The van der Waals surface area contributed by atoms with Crippen LogP contribution in [0.2, 0.25) is 0 Å². The first-order valence-corrected chi connectivity index (χ1v) is 5.66. The lowest BCUT2D eigenvalue weighted by Crippen LogP contribution is -1.90. The van der Waals surface area contributed by atoms with Gasteiger partial charge in [0.1, 0.15) is 0 Å². The molecule has 0 radical (unpaired) electrons. The number of anilines is 1. The fourth-order valence-electron chi connectivity index (χ4n) is 1.79. The highest BCUT2D eigenvalue weighted by Gasteiger charge is 2.00. The summed E-state index contributed by atoms with van der Waals surface area (Å²) in [5.41, 5.74) is 11.7. The third-order valence-corrected chi connectivity index (χ3v) is 2.95. The van der Waals surface area contributed by atoms with E-state index in [-0.39, 0.29) is 0 Å². The molecule has 16 heavy (non-hydrogen) atoms. The third-order valence-electron chi connectivity index (χ3n) is 2.95. The Balaban J connectivity index is 2.46. The van der Waals surface area contributed by atoms with E-state index in [1.807, 2.05) is 13.0 Å². The summed E-state index contributed by atoms with van der Waals surface area (Å²) in [5, 5.41) is 0. The Kier molecular flexibility index (Phi) is 2.95. The van der Waals surface area contributed by atoms with Crippen LogP contribution in [0, 0.1) is 6.92 Å². The predicted molar refractivity (Wildman–Crippen MR) is 70.4 cm³/mol. The van der Waals surface area contributed by atoms with E-state index in [4.69, 9.17) is 5.73 Å². The molecule has 0 fully saturated rings. The maximum atomic E-state index is 5.93. The van der Waals surface area contributed by atoms with E-state index in [2.05, 4.69) is 43.3 Å². The van der Waals surface area contributed by atoms with E-state index in [1.54, 1.807) is 0 Å². The summed E-state index contributed by atoms with van der Waals surface area (Å²) in [4.78, 5) is 0. The van der Waals surface area contributed by atoms with Gasteiger partial charge in [0.2, 0.25) is 0 Å². The summed E-state index contributed by atoms with van der Waals surface area (Å²) in [6.07, 6.45) is 1.06. The van der Waals surface area contributed by atoms with Gasteiger partial charge in [0.15, 0.2) is 0 Å². The molecule has 0 aromatic heterocycles. The molecule has 0 heterocycles. The van der Waals surface area contributed by atoms with Crippen molar-refractivity contribution in [2.24, 2.45) is 0 Å². The molecule has 1 nitrogen and oxygen atoms in total. The van der Waals surface area contributed by atoms with Gasteiger partial charge in [-0.15, -0.1) is 0 Å². The number of benzene rings is 2. The smallest absolute Gasteiger partial charge is 0.0349 e. The molecule has 0 unspecified atom stereocenters. The molecule has 0 aliphatic rings. The Bertz CT molecular complexity index is 501. The normalized spacial score (nSPS) is 10.4.